The Morgan fingerprint density at radius 2 is 1.39 bits per heavy atom. The third-order valence-corrected chi connectivity index (χ3v) is 8.61. The van der Waals surface area contributed by atoms with E-state index in [1.54, 1.807) is 12.1 Å². The Bertz CT molecular complexity index is 1460. The van der Waals surface area contributed by atoms with Gasteiger partial charge in [0.05, 0.1) is 10.6 Å². The molecule has 41 heavy (non-hydrogen) atoms. The highest BCUT2D eigenvalue weighted by Gasteiger charge is 2.34. The van der Waals surface area contributed by atoms with Crippen LogP contribution in [0.15, 0.2) is 71.6 Å². The summed E-state index contributed by atoms with van der Waals surface area (Å²) in [6, 6.07) is 17.5. The number of aryl methyl sites for hydroxylation is 2. The normalized spacial score (nSPS) is 12.5. The van der Waals surface area contributed by atoms with E-state index in [1.165, 1.54) is 35.2 Å². The van der Waals surface area contributed by atoms with Crippen molar-refractivity contribution in [2.24, 2.45) is 0 Å². The summed E-state index contributed by atoms with van der Waals surface area (Å²) in [5.41, 5.74) is 2.36. The van der Waals surface area contributed by atoms with Gasteiger partial charge in [0.1, 0.15) is 12.6 Å². The van der Waals surface area contributed by atoms with E-state index in [2.05, 4.69) is 5.32 Å². The molecule has 0 bridgehead atoms. The maximum absolute atomic E-state index is 14.1. The van der Waals surface area contributed by atoms with E-state index in [1.807, 2.05) is 65.8 Å². The molecule has 7 nitrogen and oxygen atoms in total. The van der Waals surface area contributed by atoms with Crippen molar-refractivity contribution >= 4 is 50.7 Å². The van der Waals surface area contributed by atoms with E-state index in [0.717, 1.165) is 21.0 Å². The molecule has 0 spiro atoms. The number of halogens is 2. The second-order valence-corrected chi connectivity index (χ2v) is 13.9. The fraction of sp³-hybridized carbons (Fsp3) is 0.355. The Balaban J connectivity index is 2.10. The standard InChI is InChI=1S/C31H37Cl2N3O4S/c1-7-28(30(38)34-31(4,5)6)35(19-23-12-8-21(2)9-13-23)29(37)20-36(26-17-24(32)16-25(33)18-26)41(39,40)27-14-10-22(3)11-15-27/h8-18,28H,7,19-20H2,1-6H3,(H,34,38). The van der Waals surface area contributed by atoms with Gasteiger partial charge in [-0.2, -0.15) is 0 Å². The van der Waals surface area contributed by atoms with Gasteiger partial charge in [-0.05, 0) is 76.9 Å². The van der Waals surface area contributed by atoms with Gasteiger partial charge in [0.2, 0.25) is 11.8 Å². The number of rotatable bonds is 10. The first-order chi connectivity index (χ1) is 19.1. The molecule has 0 aromatic heterocycles. The molecule has 3 aromatic carbocycles. The number of hydrogen-bond acceptors (Lipinski definition) is 4. The number of sulfonamides is 1. The van der Waals surface area contributed by atoms with E-state index in [0.29, 0.717) is 6.42 Å². The number of anilines is 1. The lowest BCUT2D eigenvalue weighted by Crippen LogP contribution is -2.55. The third-order valence-electron chi connectivity index (χ3n) is 6.38. The van der Waals surface area contributed by atoms with Crippen LogP contribution >= 0.6 is 23.2 Å². The Hall–Kier alpha value is -3.07. The molecule has 0 aliphatic carbocycles. The molecular weight excluding hydrogens is 581 g/mol. The molecular formula is C31H37Cl2N3O4S. The monoisotopic (exact) mass is 617 g/mol. The molecule has 10 heteroatoms. The summed E-state index contributed by atoms with van der Waals surface area (Å²) in [6.07, 6.45) is 0.327. The average Bonchev–Trinajstić information content (AvgIpc) is 2.86. The van der Waals surface area contributed by atoms with Gasteiger partial charge in [-0.3, -0.25) is 13.9 Å². The van der Waals surface area contributed by atoms with E-state index in [9.17, 15) is 18.0 Å². The predicted octanol–water partition coefficient (Wildman–Crippen LogP) is 6.53. The van der Waals surface area contributed by atoms with E-state index in [-0.39, 0.29) is 33.1 Å². The number of benzene rings is 3. The fourth-order valence-electron chi connectivity index (χ4n) is 4.31. The van der Waals surface area contributed by atoms with Gasteiger partial charge >= 0.3 is 0 Å². The summed E-state index contributed by atoms with van der Waals surface area (Å²) in [6.45, 7) is 10.8. The summed E-state index contributed by atoms with van der Waals surface area (Å²) in [4.78, 5) is 29.0. The Morgan fingerprint density at radius 3 is 1.88 bits per heavy atom. The predicted molar refractivity (Wildman–Crippen MR) is 166 cm³/mol. The van der Waals surface area contributed by atoms with Crippen LogP contribution in [0.2, 0.25) is 10.0 Å². The summed E-state index contributed by atoms with van der Waals surface area (Å²) < 4.78 is 28.9. The van der Waals surface area contributed by atoms with E-state index < -0.39 is 34.1 Å². The van der Waals surface area contributed by atoms with Gasteiger partial charge in [-0.25, -0.2) is 8.42 Å². The van der Waals surface area contributed by atoms with Crippen molar-refractivity contribution in [1.82, 2.24) is 10.2 Å². The zero-order chi connectivity index (χ0) is 30.5. The zero-order valence-corrected chi connectivity index (χ0v) is 26.6. The maximum atomic E-state index is 14.1. The number of nitrogens with zero attached hydrogens (tertiary/aromatic N) is 2. The minimum Gasteiger partial charge on any atom is -0.350 e. The Kier molecular flexibility index (Phi) is 10.5. The van der Waals surface area contributed by atoms with Gasteiger partial charge in [0.25, 0.3) is 10.0 Å². The van der Waals surface area contributed by atoms with Crippen LogP contribution in [0.1, 0.15) is 50.8 Å². The van der Waals surface area contributed by atoms with Crippen LogP contribution in [0.3, 0.4) is 0 Å². The molecule has 0 aliphatic rings. The highest BCUT2D eigenvalue weighted by molar-refractivity contribution is 7.92. The van der Waals surface area contributed by atoms with E-state index in [4.69, 9.17) is 23.2 Å². The molecule has 2 amide bonds. The van der Waals surface area contributed by atoms with Crippen LogP contribution in [0.4, 0.5) is 5.69 Å². The Labute approximate surface area is 253 Å². The highest BCUT2D eigenvalue weighted by atomic mass is 35.5. The zero-order valence-electron chi connectivity index (χ0n) is 24.2. The number of carbonyl (C=O) groups is 2. The van der Waals surface area contributed by atoms with Crippen molar-refractivity contribution in [3.63, 3.8) is 0 Å². The van der Waals surface area contributed by atoms with E-state index >= 15 is 0 Å². The quantitative estimate of drug-likeness (QED) is 0.280. The SMILES string of the molecule is CCC(C(=O)NC(C)(C)C)N(Cc1ccc(C)cc1)C(=O)CN(c1cc(Cl)cc(Cl)c1)S(=O)(=O)c1ccc(C)cc1. The van der Waals surface area contributed by atoms with Gasteiger partial charge < -0.3 is 10.2 Å². The molecule has 0 fully saturated rings. The smallest absolute Gasteiger partial charge is 0.264 e. The minimum absolute atomic E-state index is 0.00889. The lowest BCUT2D eigenvalue weighted by molar-refractivity contribution is -0.141. The lowest BCUT2D eigenvalue weighted by atomic mass is 10.1. The van der Waals surface area contributed by atoms with Crippen LogP contribution in [-0.2, 0) is 26.2 Å². The molecule has 3 aromatic rings. The molecule has 0 heterocycles. The van der Waals surface area contributed by atoms with Crippen LogP contribution in [-0.4, -0.2) is 43.3 Å². The summed E-state index contributed by atoms with van der Waals surface area (Å²) >= 11 is 12.5. The first-order valence-corrected chi connectivity index (χ1v) is 15.5. The molecule has 1 unspecified atom stereocenters. The summed E-state index contributed by atoms with van der Waals surface area (Å²) in [7, 11) is -4.22. The minimum atomic E-state index is -4.22. The number of nitrogens with one attached hydrogen (secondary N) is 1. The van der Waals surface area contributed by atoms with Crippen LogP contribution in [0.5, 0.6) is 0 Å². The molecule has 1 N–H and O–H groups in total. The molecule has 0 saturated heterocycles. The van der Waals surface area contributed by atoms with Crippen molar-refractivity contribution in [2.75, 3.05) is 10.8 Å². The number of carbonyl (C=O) groups excluding carboxylic acids is 2. The van der Waals surface area contributed by atoms with Crippen LogP contribution in [0.25, 0.3) is 0 Å². The van der Waals surface area contributed by atoms with Gasteiger partial charge in [-0.1, -0.05) is 77.7 Å². The second kappa shape index (κ2) is 13.3. The summed E-state index contributed by atoms with van der Waals surface area (Å²) in [5.74, 6) is -0.868. The van der Waals surface area contributed by atoms with Gasteiger partial charge in [-0.15, -0.1) is 0 Å². The molecule has 3 rings (SSSR count). The second-order valence-electron chi connectivity index (χ2n) is 11.1. The van der Waals surface area contributed by atoms with Crippen molar-refractivity contribution in [3.8, 4) is 0 Å². The average molecular weight is 619 g/mol. The lowest BCUT2D eigenvalue weighted by Gasteiger charge is -2.35. The molecule has 0 saturated carbocycles. The van der Waals surface area contributed by atoms with Crippen molar-refractivity contribution in [1.29, 1.82) is 0 Å². The number of hydrogen-bond donors (Lipinski definition) is 1. The van der Waals surface area contributed by atoms with Crippen molar-refractivity contribution in [3.05, 3.63) is 93.5 Å². The first kappa shape index (κ1) is 32.4. The third kappa shape index (κ3) is 8.71. The number of amides is 2. The summed E-state index contributed by atoms with van der Waals surface area (Å²) in [5, 5.41) is 3.40. The highest BCUT2D eigenvalue weighted by Crippen LogP contribution is 2.30. The molecule has 220 valence electrons. The van der Waals surface area contributed by atoms with Gasteiger partial charge in [0, 0.05) is 22.1 Å². The maximum Gasteiger partial charge on any atom is 0.264 e. The molecule has 1 atom stereocenters. The fourth-order valence-corrected chi connectivity index (χ4v) is 6.22. The topological polar surface area (TPSA) is 86.8 Å². The van der Waals surface area contributed by atoms with Crippen LogP contribution < -0.4 is 9.62 Å². The van der Waals surface area contributed by atoms with Crippen molar-refractivity contribution < 1.29 is 18.0 Å². The first-order valence-electron chi connectivity index (χ1n) is 13.3. The molecule has 0 aliphatic heterocycles. The van der Waals surface area contributed by atoms with Crippen LogP contribution in [0, 0.1) is 13.8 Å². The Morgan fingerprint density at radius 1 is 0.878 bits per heavy atom. The molecule has 0 radical (unpaired) electrons. The van der Waals surface area contributed by atoms with Gasteiger partial charge in [0.15, 0.2) is 0 Å². The van der Waals surface area contributed by atoms with Crippen molar-refractivity contribution in [2.45, 2.75) is 71.0 Å². The largest absolute Gasteiger partial charge is 0.350 e.